The standard InChI is InChI=1S/C11H16BOP/c1-11(2,3)14(4,12)10-8-6-5-7-9(10)13/h5-8H,1-4H3/q-1/p+1. The Balaban J connectivity index is 3.23. The van der Waals surface area contributed by atoms with Crippen molar-refractivity contribution >= 4 is 20.0 Å². The molecule has 0 spiro atoms. The second-order valence-electron chi connectivity index (χ2n) is 4.73. The Kier molecular flexibility index (Phi) is 2.97. The molecular formula is C11H17BOP. The van der Waals surface area contributed by atoms with Gasteiger partial charge in [-0.05, 0) is 32.9 Å². The van der Waals surface area contributed by atoms with Crippen LogP contribution in [0.5, 0.6) is 5.75 Å². The van der Waals surface area contributed by atoms with Gasteiger partial charge in [0, 0.05) is 11.8 Å². The second kappa shape index (κ2) is 3.58. The zero-order valence-electron chi connectivity index (χ0n) is 9.28. The topological polar surface area (TPSA) is 20.2 Å². The van der Waals surface area contributed by atoms with E-state index in [1.807, 2.05) is 18.2 Å². The Morgan fingerprint density at radius 1 is 1.21 bits per heavy atom. The zero-order valence-corrected chi connectivity index (χ0v) is 10.2. The molecule has 0 aliphatic heterocycles. The van der Waals surface area contributed by atoms with Crippen LogP contribution in [0, 0.1) is 0 Å². The summed E-state index contributed by atoms with van der Waals surface area (Å²) in [6.07, 6.45) is 0. The molecule has 1 aromatic rings. The molecule has 1 aromatic carbocycles. The molecule has 0 aliphatic carbocycles. The average Bonchev–Trinajstić information content (AvgIpc) is 2.02. The minimum Gasteiger partial charge on any atom is -0.504 e. The molecule has 0 saturated heterocycles. The zero-order chi connectivity index (χ0) is 11.0. The maximum atomic E-state index is 9.76. The molecule has 0 heterocycles. The highest BCUT2D eigenvalue weighted by molar-refractivity contribution is 8.03. The second-order valence-corrected chi connectivity index (χ2v) is 8.71. The lowest BCUT2D eigenvalue weighted by Gasteiger charge is -2.44. The van der Waals surface area contributed by atoms with Crippen LogP contribution in [0.1, 0.15) is 20.8 Å². The molecular weight excluding hydrogens is 190 g/mol. The quantitative estimate of drug-likeness (QED) is 0.554. The molecule has 1 atom stereocenters. The molecule has 0 fully saturated rings. The van der Waals surface area contributed by atoms with Crippen LogP contribution in [0.2, 0.25) is 0 Å². The van der Waals surface area contributed by atoms with Crippen LogP contribution in [0.4, 0.5) is 0 Å². The third-order valence-corrected chi connectivity index (χ3v) is 6.94. The fourth-order valence-electron chi connectivity index (χ4n) is 1.22. The largest absolute Gasteiger partial charge is 0.504 e. The minimum atomic E-state index is -1.77. The molecule has 0 saturated carbocycles. The monoisotopic (exact) mass is 207 g/mol. The van der Waals surface area contributed by atoms with E-state index in [4.69, 9.17) is 7.57 Å². The summed E-state index contributed by atoms with van der Waals surface area (Å²) in [5, 5.41) is 10.7. The summed E-state index contributed by atoms with van der Waals surface area (Å²) in [4.78, 5) is 0. The molecule has 3 heteroatoms. The minimum absolute atomic E-state index is 0.0197. The van der Waals surface area contributed by atoms with Crippen molar-refractivity contribution in [3.05, 3.63) is 24.3 Å². The SMILES string of the molecule is [B-][P+](C)(c1ccccc1O)C(C)(C)C. The third kappa shape index (κ3) is 1.96. The predicted octanol–water partition coefficient (Wildman–Crippen LogP) is 2.55. The fraction of sp³-hybridized carbons (Fsp3) is 0.455. The van der Waals surface area contributed by atoms with Crippen LogP contribution < -0.4 is 5.30 Å². The number of aromatic hydroxyl groups is 1. The number of rotatable bonds is 1. The van der Waals surface area contributed by atoms with E-state index < -0.39 is 7.14 Å². The fourth-order valence-corrected chi connectivity index (χ4v) is 2.89. The van der Waals surface area contributed by atoms with Gasteiger partial charge in [-0.15, -0.1) is 0 Å². The van der Waals surface area contributed by atoms with Gasteiger partial charge < -0.3 is 5.11 Å². The summed E-state index contributed by atoms with van der Waals surface area (Å²) in [5.41, 5.74) is 0. The molecule has 1 N–H and O–H groups in total. The van der Waals surface area contributed by atoms with E-state index in [2.05, 4.69) is 27.4 Å². The van der Waals surface area contributed by atoms with Crippen LogP contribution in [0.3, 0.4) is 0 Å². The van der Waals surface area contributed by atoms with Crippen molar-refractivity contribution in [2.24, 2.45) is 0 Å². The van der Waals surface area contributed by atoms with Gasteiger partial charge in [-0.2, -0.15) is 0 Å². The lowest BCUT2D eigenvalue weighted by molar-refractivity contribution is 0.479. The van der Waals surface area contributed by atoms with Crippen molar-refractivity contribution in [1.29, 1.82) is 0 Å². The number of hydrogen-bond acceptors (Lipinski definition) is 1. The summed E-state index contributed by atoms with van der Waals surface area (Å²) in [6, 6.07) is 7.37. The summed E-state index contributed by atoms with van der Waals surface area (Å²) < 4.78 is 0. The van der Waals surface area contributed by atoms with E-state index in [1.165, 1.54) is 0 Å². The summed E-state index contributed by atoms with van der Waals surface area (Å²) in [5.74, 6) is 0.320. The molecule has 0 bridgehead atoms. The average molecular weight is 207 g/mol. The van der Waals surface area contributed by atoms with Crippen LogP contribution in [0.15, 0.2) is 24.3 Å². The predicted molar refractivity (Wildman–Crippen MR) is 66.1 cm³/mol. The molecule has 14 heavy (non-hydrogen) atoms. The lowest BCUT2D eigenvalue weighted by atomic mass is 10.2. The van der Waals surface area contributed by atoms with E-state index in [1.54, 1.807) is 6.07 Å². The molecule has 1 nitrogen and oxygen atoms in total. The Labute approximate surface area is 88.2 Å². The van der Waals surface area contributed by atoms with Gasteiger partial charge in [-0.25, -0.2) is 7.14 Å². The van der Waals surface area contributed by atoms with Gasteiger partial charge in [-0.1, -0.05) is 12.1 Å². The highest BCUT2D eigenvalue weighted by Crippen LogP contribution is 2.61. The molecule has 75 valence electrons. The van der Waals surface area contributed by atoms with Gasteiger partial charge in [0.15, 0.2) is 5.75 Å². The first-order chi connectivity index (χ1) is 6.27. The summed E-state index contributed by atoms with van der Waals surface area (Å²) >= 11 is 0. The van der Waals surface area contributed by atoms with Crippen molar-refractivity contribution < 1.29 is 5.11 Å². The molecule has 0 aromatic heterocycles. The number of phenolic OH excluding ortho intramolecular Hbond substituents is 1. The van der Waals surface area contributed by atoms with Gasteiger partial charge >= 0.3 is 0 Å². The van der Waals surface area contributed by atoms with E-state index in [0.29, 0.717) is 5.75 Å². The van der Waals surface area contributed by atoms with Crippen molar-refractivity contribution in [3.8, 4) is 5.75 Å². The third-order valence-electron chi connectivity index (χ3n) is 2.78. The normalized spacial score (nSPS) is 16.4. The first-order valence-corrected chi connectivity index (χ1v) is 7.01. The van der Waals surface area contributed by atoms with Gasteiger partial charge in [0.1, 0.15) is 0 Å². The van der Waals surface area contributed by atoms with Crippen molar-refractivity contribution in [3.63, 3.8) is 0 Å². The van der Waals surface area contributed by atoms with Crippen LogP contribution in [-0.2, 0) is 0 Å². The Bertz CT molecular complexity index is 328. The Hall–Kier alpha value is -0.485. The first-order valence-electron chi connectivity index (χ1n) is 4.70. The molecule has 0 aliphatic rings. The van der Waals surface area contributed by atoms with Crippen molar-refractivity contribution in [1.82, 2.24) is 0 Å². The number of benzene rings is 1. The van der Waals surface area contributed by atoms with Crippen LogP contribution in [0.25, 0.3) is 0 Å². The maximum Gasteiger partial charge on any atom is 0.153 e. The van der Waals surface area contributed by atoms with Crippen molar-refractivity contribution in [2.75, 3.05) is 6.66 Å². The Morgan fingerprint density at radius 2 is 1.71 bits per heavy atom. The van der Waals surface area contributed by atoms with E-state index in [0.717, 1.165) is 5.30 Å². The maximum absolute atomic E-state index is 9.76. The molecule has 0 amide bonds. The summed E-state index contributed by atoms with van der Waals surface area (Å²) in [7, 11) is 4.60. The molecule has 1 unspecified atom stereocenters. The van der Waals surface area contributed by atoms with E-state index in [9.17, 15) is 5.11 Å². The molecule has 3 radical (unpaired) electrons. The molecule has 1 rings (SSSR count). The van der Waals surface area contributed by atoms with Crippen LogP contribution in [-0.4, -0.2) is 24.5 Å². The highest BCUT2D eigenvalue weighted by Gasteiger charge is 2.32. The van der Waals surface area contributed by atoms with Crippen molar-refractivity contribution in [2.45, 2.75) is 25.9 Å². The number of hydrogen-bond donors (Lipinski definition) is 1. The first kappa shape index (κ1) is 11.6. The number of phenols is 1. The van der Waals surface area contributed by atoms with E-state index in [-0.39, 0.29) is 5.16 Å². The lowest BCUT2D eigenvalue weighted by Crippen LogP contribution is -2.28. The smallest absolute Gasteiger partial charge is 0.153 e. The summed E-state index contributed by atoms with van der Waals surface area (Å²) in [6.45, 7) is 8.41. The van der Waals surface area contributed by atoms with E-state index >= 15 is 0 Å². The van der Waals surface area contributed by atoms with Crippen LogP contribution >= 0.6 is 7.14 Å². The number of para-hydroxylation sites is 1. The van der Waals surface area contributed by atoms with Gasteiger partial charge in [0.05, 0.1) is 5.30 Å². The highest BCUT2D eigenvalue weighted by atomic mass is 31.2. The van der Waals surface area contributed by atoms with Gasteiger partial charge in [0.25, 0.3) is 0 Å². The van der Waals surface area contributed by atoms with Gasteiger partial charge in [-0.3, -0.25) is 7.57 Å². The Morgan fingerprint density at radius 3 is 2.14 bits per heavy atom. The van der Waals surface area contributed by atoms with Gasteiger partial charge in [0.2, 0.25) is 0 Å².